The van der Waals surface area contributed by atoms with E-state index in [4.69, 9.17) is 5.73 Å². The maximum absolute atomic E-state index is 12.2. The van der Waals surface area contributed by atoms with Crippen LogP contribution in [0.4, 0.5) is 5.82 Å². The number of hydrogen-bond acceptors (Lipinski definition) is 6. The molecule has 0 fully saturated rings. The molecule has 0 radical (unpaired) electrons. The standard InChI is InChI=1S/C15H18N6OS/c1-10-9-19-14(16)12-13(10)21(11(2)20-12)7-4-8-23(22)15-17-5-3-6-18-15/h3,5-6,9H,4,7-8H2,1-2H3,(H2,16,19). The minimum Gasteiger partial charge on any atom is -0.609 e. The zero-order valence-corrected chi connectivity index (χ0v) is 13.9. The number of imidazole rings is 1. The molecule has 0 bridgehead atoms. The first-order valence-electron chi connectivity index (χ1n) is 7.31. The Kier molecular flexibility index (Phi) is 4.44. The number of anilines is 1. The van der Waals surface area contributed by atoms with Crippen molar-refractivity contribution in [2.75, 3.05) is 11.5 Å². The van der Waals surface area contributed by atoms with Crippen molar-refractivity contribution in [2.24, 2.45) is 0 Å². The summed E-state index contributed by atoms with van der Waals surface area (Å²) < 4.78 is 14.3. The minimum absolute atomic E-state index is 0.379. The van der Waals surface area contributed by atoms with Crippen molar-refractivity contribution >= 4 is 28.0 Å². The first-order valence-corrected chi connectivity index (χ1v) is 8.63. The van der Waals surface area contributed by atoms with E-state index in [2.05, 4.69) is 24.5 Å². The number of pyridine rings is 1. The Bertz CT molecular complexity index is 820. The van der Waals surface area contributed by atoms with Crippen LogP contribution in [0.15, 0.2) is 29.8 Å². The van der Waals surface area contributed by atoms with Crippen LogP contribution in [0.5, 0.6) is 0 Å². The molecule has 0 saturated heterocycles. The fourth-order valence-electron chi connectivity index (χ4n) is 2.55. The average molecular weight is 330 g/mol. The van der Waals surface area contributed by atoms with Crippen LogP contribution in [-0.2, 0) is 17.7 Å². The second kappa shape index (κ2) is 6.51. The van der Waals surface area contributed by atoms with Crippen LogP contribution in [0.25, 0.3) is 11.0 Å². The molecule has 0 spiro atoms. The van der Waals surface area contributed by atoms with Gasteiger partial charge in [-0.15, -0.1) is 0 Å². The Morgan fingerprint density at radius 1 is 1.22 bits per heavy atom. The molecule has 23 heavy (non-hydrogen) atoms. The average Bonchev–Trinajstić information content (AvgIpc) is 2.90. The van der Waals surface area contributed by atoms with E-state index in [1.165, 1.54) is 0 Å². The molecule has 3 rings (SSSR count). The SMILES string of the molecule is Cc1cnc(N)c2nc(C)n(CCC[S+]([O-])c3ncccn3)c12. The van der Waals surface area contributed by atoms with Crippen LogP contribution < -0.4 is 5.73 Å². The molecule has 0 aliphatic carbocycles. The lowest BCUT2D eigenvalue weighted by atomic mass is 10.2. The van der Waals surface area contributed by atoms with Crippen molar-refractivity contribution in [3.8, 4) is 0 Å². The first-order chi connectivity index (χ1) is 11.1. The van der Waals surface area contributed by atoms with E-state index in [0.717, 1.165) is 28.8 Å². The van der Waals surface area contributed by atoms with Gasteiger partial charge in [-0.25, -0.2) is 9.97 Å². The van der Waals surface area contributed by atoms with Gasteiger partial charge in [-0.2, -0.15) is 9.97 Å². The third kappa shape index (κ3) is 3.13. The summed E-state index contributed by atoms with van der Waals surface area (Å²) in [5.41, 5.74) is 8.67. The van der Waals surface area contributed by atoms with Gasteiger partial charge in [0.15, 0.2) is 5.82 Å². The highest BCUT2D eigenvalue weighted by Gasteiger charge is 2.16. The molecule has 7 nitrogen and oxygen atoms in total. The van der Waals surface area contributed by atoms with E-state index in [1.54, 1.807) is 24.7 Å². The van der Waals surface area contributed by atoms with Crippen LogP contribution in [0, 0.1) is 13.8 Å². The van der Waals surface area contributed by atoms with Gasteiger partial charge >= 0.3 is 5.16 Å². The smallest absolute Gasteiger partial charge is 0.342 e. The van der Waals surface area contributed by atoms with Gasteiger partial charge in [0.1, 0.15) is 17.1 Å². The lowest BCUT2D eigenvalue weighted by Crippen LogP contribution is -2.13. The molecule has 1 unspecified atom stereocenters. The van der Waals surface area contributed by atoms with Gasteiger partial charge in [-0.1, -0.05) is 0 Å². The molecule has 3 aromatic heterocycles. The number of nitrogens with zero attached hydrogens (tertiary/aromatic N) is 5. The molecule has 2 N–H and O–H groups in total. The summed E-state index contributed by atoms with van der Waals surface area (Å²) in [7, 11) is 0. The Balaban J connectivity index is 1.75. The van der Waals surface area contributed by atoms with Gasteiger partial charge in [0, 0.05) is 42.7 Å². The maximum atomic E-state index is 12.2. The quantitative estimate of drug-likeness (QED) is 0.563. The third-order valence-corrected chi connectivity index (χ3v) is 4.91. The molecule has 1 atom stereocenters. The van der Waals surface area contributed by atoms with Crippen molar-refractivity contribution in [1.82, 2.24) is 24.5 Å². The lowest BCUT2D eigenvalue weighted by molar-refractivity contribution is 0.576. The molecular weight excluding hydrogens is 312 g/mol. The summed E-state index contributed by atoms with van der Waals surface area (Å²) in [6, 6.07) is 1.71. The summed E-state index contributed by atoms with van der Waals surface area (Å²) in [4.78, 5) is 16.7. The monoisotopic (exact) mass is 330 g/mol. The van der Waals surface area contributed by atoms with Gasteiger partial charge in [0.2, 0.25) is 0 Å². The van der Waals surface area contributed by atoms with Crippen molar-refractivity contribution in [1.29, 1.82) is 0 Å². The van der Waals surface area contributed by atoms with Gasteiger partial charge < -0.3 is 14.9 Å². The molecule has 3 heterocycles. The first kappa shape index (κ1) is 15.7. The highest BCUT2D eigenvalue weighted by molar-refractivity contribution is 7.91. The summed E-state index contributed by atoms with van der Waals surface area (Å²) in [6.45, 7) is 4.64. The third-order valence-electron chi connectivity index (χ3n) is 3.63. The van der Waals surface area contributed by atoms with Crippen LogP contribution in [-0.4, -0.2) is 34.8 Å². The number of aryl methyl sites for hydroxylation is 3. The molecular formula is C15H18N6OS. The van der Waals surface area contributed by atoms with E-state index in [9.17, 15) is 4.55 Å². The molecule has 0 aliphatic heterocycles. The fraction of sp³-hybridized carbons (Fsp3) is 0.333. The fourth-order valence-corrected chi connectivity index (χ4v) is 3.48. The Hall–Kier alpha value is -2.19. The number of aromatic nitrogens is 5. The summed E-state index contributed by atoms with van der Waals surface area (Å²) in [5, 5.41) is 0.379. The van der Waals surface area contributed by atoms with Crippen molar-refractivity contribution < 1.29 is 4.55 Å². The van der Waals surface area contributed by atoms with E-state index in [0.29, 0.717) is 23.3 Å². The van der Waals surface area contributed by atoms with Crippen LogP contribution >= 0.6 is 0 Å². The summed E-state index contributed by atoms with van der Waals surface area (Å²) in [5.74, 6) is 1.82. The minimum atomic E-state index is -1.19. The number of hydrogen-bond donors (Lipinski definition) is 1. The topological polar surface area (TPSA) is 106 Å². The van der Waals surface area contributed by atoms with Crippen molar-refractivity contribution in [3.05, 3.63) is 36.0 Å². The molecule has 8 heteroatoms. The predicted octanol–water partition coefficient (Wildman–Crippen LogP) is 1.62. The molecule has 3 aromatic rings. The molecule has 0 saturated carbocycles. The zero-order chi connectivity index (χ0) is 16.4. The van der Waals surface area contributed by atoms with E-state index in [-0.39, 0.29) is 0 Å². The molecule has 120 valence electrons. The Morgan fingerprint density at radius 2 is 1.96 bits per heavy atom. The normalized spacial score (nSPS) is 12.7. The summed E-state index contributed by atoms with van der Waals surface area (Å²) in [6.07, 6.45) is 5.70. The summed E-state index contributed by atoms with van der Waals surface area (Å²) >= 11 is -1.19. The number of nitrogens with two attached hydrogens (primary N) is 1. The van der Waals surface area contributed by atoms with Gasteiger partial charge in [-0.05, 0) is 25.5 Å². The molecule has 0 aliphatic rings. The maximum Gasteiger partial charge on any atom is 0.342 e. The van der Waals surface area contributed by atoms with Crippen molar-refractivity contribution in [2.45, 2.75) is 32.0 Å². The van der Waals surface area contributed by atoms with Gasteiger partial charge in [0.25, 0.3) is 0 Å². The van der Waals surface area contributed by atoms with Crippen LogP contribution in [0.3, 0.4) is 0 Å². The van der Waals surface area contributed by atoms with E-state index >= 15 is 0 Å². The number of fused-ring (bicyclic) bond motifs is 1. The number of rotatable bonds is 5. The van der Waals surface area contributed by atoms with Crippen LogP contribution in [0.1, 0.15) is 17.8 Å². The zero-order valence-electron chi connectivity index (χ0n) is 13.1. The van der Waals surface area contributed by atoms with Gasteiger partial charge in [0.05, 0.1) is 5.52 Å². The predicted molar refractivity (Wildman–Crippen MR) is 89.3 cm³/mol. The lowest BCUT2D eigenvalue weighted by Gasteiger charge is -2.10. The Labute approximate surface area is 137 Å². The van der Waals surface area contributed by atoms with Crippen LogP contribution in [0.2, 0.25) is 0 Å². The second-order valence-electron chi connectivity index (χ2n) is 5.27. The second-order valence-corrected chi connectivity index (χ2v) is 6.73. The highest BCUT2D eigenvalue weighted by Crippen LogP contribution is 2.23. The van der Waals surface area contributed by atoms with Crippen molar-refractivity contribution in [3.63, 3.8) is 0 Å². The van der Waals surface area contributed by atoms with E-state index in [1.807, 2.05) is 13.8 Å². The highest BCUT2D eigenvalue weighted by atomic mass is 32.2. The largest absolute Gasteiger partial charge is 0.609 e. The number of nitrogen functional groups attached to an aromatic ring is 1. The molecule has 0 aromatic carbocycles. The van der Waals surface area contributed by atoms with E-state index < -0.39 is 11.2 Å². The Morgan fingerprint density at radius 3 is 2.70 bits per heavy atom. The van der Waals surface area contributed by atoms with Gasteiger partial charge in [-0.3, -0.25) is 0 Å². The molecule has 0 amide bonds.